The average molecular weight is 311 g/mol. The van der Waals surface area contributed by atoms with Crippen molar-refractivity contribution < 1.29 is 9.47 Å². The van der Waals surface area contributed by atoms with E-state index in [1.165, 1.54) is 38.5 Å². The zero-order valence-electron chi connectivity index (χ0n) is 15.2. The van der Waals surface area contributed by atoms with Crippen molar-refractivity contribution in [2.24, 2.45) is 5.92 Å². The summed E-state index contributed by atoms with van der Waals surface area (Å²) in [6.07, 6.45) is 14.6. The van der Waals surface area contributed by atoms with Crippen LogP contribution in [0.25, 0.3) is 0 Å². The standard InChI is InChI=1S/C20H38O2/c1-6-9-12-13-14-15-16-19(4)20(5,21-17-10-7-2)22-18-11-8-3/h7-8,19H,2-3,6,9-18H2,1,4-5H3. The lowest BCUT2D eigenvalue weighted by atomic mass is 9.94. The Morgan fingerprint density at radius 1 is 0.909 bits per heavy atom. The Morgan fingerprint density at radius 3 is 1.91 bits per heavy atom. The van der Waals surface area contributed by atoms with Crippen LogP contribution in [0.15, 0.2) is 25.3 Å². The number of unbranched alkanes of at least 4 members (excludes halogenated alkanes) is 5. The summed E-state index contributed by atoms with van der Waals surface area (Å²) in [5.74, 6) is -0.0941. The third-order valence-corrected chi connectivity index (χ3v) is 4.31. The first-order chi connectivity index (χ1) is 10.6. The van der Waals surface area contributed by atoms with Gasteiger partial charge in [-0.3, -0.25) is 0 Å². The Labute approximate surface area is 139 Å². The average Bonchev–Trinajstić information content (AvgIpc) is 2.51. The van der Waals surface area contributed by atoms with Crippen LogP contribution in [-0.4, -0.2) is 19.0 Å². The molecule has 1 unspecified atom stereocenters. The Morgan fingerprint density at radius 2 is 1.41 bits per heavy atom. The fourth-order valence-electron chi connectivity index (χ4n) is 2.51. The minimum atomic E-state index is -0.491. The van der Waals surface area contributed by atoms with E-state index in [1.807, 2.05) is 12.2 Å². The predicted octanol–water partition coefficient (Wildman–Crippen LogP) is 6.27. The Bertz CT molecular complexity index is 259. The molecule has 0 saturated carbocycles. The molecule has 0 spiro atoms. The molecule has 0 heterocycles. The molecular weight excluding hydrogens is 272 g/mol. The highest BCUT2D eigenvalue weighted by atomic mass is 16.7. The first kappa shape index (κ1) is 21.4. The molecule has 0 aliphatic rings. The van der Waals surface area contributed by atoms with Gasteiger partial charge >= 0.3 is 0 Å². The summed E-state index contributed by atoms with van der Waals surface area (Å²) in [4.78, 5) is 0. The van der Waals surface area contributed by atoms with Crippen molar-refractivity contribution in [2.75, 3.05) is 13.2 Å². The summed E-state index contributed by atoms with van der Waals surface area (Å²) in [6, 6.07) is 0. The van der Waals surface area contributed by atoms with E-state index in [9.17, 15) is 0 Å². The van der Waals surface area contributed by atoms with Gasteiger partial charge in [0.25, 0.3) is 0 Å². The van der Waals surface area contributed by atoms with Crippen molar-refractivity contribution in [3.05, 3.63) is 25.3 Å². The van der Waals surface area contributed by atoms with Crippen LogP contribution in [0.3, 0.4) is 0 Å². The van der Waals surface area contributed by atoms with E-state index in [0.717, 1.165) is 19.3 Å². The highest BCUT2D eigenvalue weighted by Crippen LogP contribution is 2.28. The fourth-order valence-corrected chi connectivity index (χ4v) is 2.51. The molecule has 1 atom stereocenters. The Balaban J connectivity index is 4.18. The lowest BCUT2D eigenvalue weighted by Gasteiger charge is -2.35. The van der Waals surface area contributed by atoms with Gasteiger partial charge in [0.2, 0.25) is 0 Å². The van der Waals surface area contributed by atoms with Crippen LogP contribution in [0.5, 0.6) is 0 Å². The zero-order valence-corrected chi connectivity index (χ0v) is 15.2. The zero-order chi connectivity index (χ0) is 16.7. The molecule has 0 bridgehead atoms. The fraction of sp³-hybridized carbons (Fsp3) is 0.800. The van der Waals surface area contributed by atoms with Crippen LogP contribution < -0.4 is 0 Å². The maximum atomic E-state index is 6.05. The van der Waals surface area contributed by atoms with E-state index in [4.69, 9.17) is 9.47 Å². The Kier molecular flexibility index (Phi) is 13.6. The lowest BCUT2D eigenvalue weighted by molar-refractivity contribution is -0.253. The second-order valence-corrected chi connectivity index (χ2v) is 6.33. The van der Waals surface area contributed by atoms with Gasteiger partial charge in [-0.25, -0.2) is 0 Å². The smallest absolute Gasteiger partial charge is 0.168 e. The molecule has 2 nitrogen and oxygen atoms in total. The summed E-state index contributed by atoms with van der Waals surface area (Å²) in [7, 11) is 0. The molecule has 130 valence electrons. The summed E-state index contributed by atoms with van der Waals surface area (Å²) >= 11 is 0. The van der Waals surface area contributed by atoms with Crippen molar-refractivity contribution in [1.29, 1.82) is 0 Å². The minimum Gasteiger partial charge on any atom is -0.350 e. The van der Waals surface area contributed by atoms with Gasteiger partial charge in [0, 0.05) is 5.92 Å². The third-order valence-electron chi connectivity index (χ3n) is 4.31. The molecule has 0 aromatic rings. The van der Waals surface area contributed by atoms with E-state index in [-0.39, 0.29) is 0 Å². The van der Waals surface area contributed by atoms with Crippen LogP contribution in [-0.2, 0) is 9.47 Å². The molecule has 0 rings (SSSR count). The van der Waals surface area contributed by atoms with Gasteiger partial charge in [0.15, 0.2) is 5.79 Å². The number of rotatable bonds is 16. The molecule has 0 N–H and O–H groups in total. The summed E-state index contributed by atoms with van der Waals surface area (Å²) in [5, 5.41) is 0. The van der Waals surface area contributed by atoms with Crippen molar-refractivity contribution in [1.82, 2.24) is 0 Å². The van der Waals surface area contributed by atoms with Gasteiger partial charge in [-0.2, -0.15) is 0 Å². The summed E-state index contributed by atoms with van der Waals surface area (Å²) in [6.45, 7) is 15.4. The van der Waals surface area contributed by atoms with Gasteiger partial charge in [-0.1, -0.05) is 64.5 Å². The molecule has 0 fully saturated rings. The van der Waals surface area contributed by atoms with E-state index in [2.05, 4.69) is 33.9 Å². The van der Waals surface area contributed by atoms with Crippen LogP contribution in [0.1, 0.15) is 78.6 Å². The van der Waals surface area contributed by atoms with Crippen molar-refractivity contribution in [2.45, 2.75) is 84.3 Å². The molecular formula is C20H38O2. The molecule has 0 aliphatic carbocycles. The molecule has 0 aliphatic heterocycles. The maximum absolute atomic E-state index is 6.05. The van der Waals surface area contributed by atoms with Crippen LogP contribution in [0, 0.1) is 5.92 Å². The van der Waals surface area contributed by atoms with Gasteiger partial charge < -0.3 is 9.47 Å². The molecule has 22 heavy (non-hydrogen) atoms. The largest absolute Gasteiger partial charge is 0.350 e. The Hall–Kier alpha value is -0.600. The van der Waals surface area contributed by atoms with E-state index >= 15 is 0 Å². The van der Waals surface area contributed by atoms with E-state index < -0.39 is 5.79 Å². The first-order valence-corrected chi connectivity index (χ1v) is 9.10. The molecule has 0 aromatic carbocycles. The van der Waals surface area contributed by atoms with Gasteiger partial charge in [-0.05, 0) is 26.2 Å². The van der Waals surface area contributed by atoms with Crippen LogP contribution in [0.4, 0.5) is 0 Å². The van der Waals surface area contributed by atoms with E-state index in [0.29, 0.717) is 19.1 Å². The molecule has 0 amide bonds. The molecule has 0 radical (unpaired) electrons. The van der Waals surface area contributed by atoms with Crippen molar-refractivity contribution in [3.63, 3.8) is 0 Å². The monoisotopic (exact) mass is 310 g/mol. The van der Waals surface area contributed by atoms with Crippen molar-refractivity contribution in [3.8, 4) is 0 Å². The predicted molar refractivity (Wildman–Crippen MR) is 97.1 cm³/mol. The maximum Gasteiger partial charge on any atom is 0.168 e. The lowest BCUT2D eigenvalue weighted by Crippen LogP contribution is -2.40. The summed E-state index contributed by atoms with van der Waals surface area (Å²) < 4.78 is 12.1. The molecule has 0 aromatic heterocycles. The van der Waals surface area contributed by atoms with Gasteiger partial charge in [-0.15, -0.1) is 13.2 Å². The molecule has 0 saturated heterocycles. The van der Waals surface area contributed by atoms with Crippen LogP contribution in [0.2, 0.25) is 0 Å². The number of hydrogen-bond acceptors (Lipinski definition) is 2. The summed E-state index contributed by atoms with van der Waals surface area (Å²) in [5.41, 5.74) is 0. The van der Waals surface area contributed by atoms with Crippen molar-refractivity contribution >= 4 is 0 Å². The second kappa shape index (κ2) is 14.0. The highest BCUT2D eigenvalue weighted by Gasteiger charge is 2.32. The van der Waals surface area contributed by atoms with Crippen LogP contribution >= 0.6 is 0 Å². The first-order valence-electron chi connectivity index (χ1n) is 9.10. The molecule has 2 heteroatoms. The third kappa shape index (κ3) is 10.2. The topological polar surface area (TPSA) is 18.5 Å². The number of ether oxygens (including phenoxy) is 2. The minimum absolute atomic E-state index is 0.397. The normalized spacial score (nSPS) is 13.0. The van der Waals surface area contributed by atoms with E-state index in [1.54, 1.807) is 0 Å². The second-order valence-electron chi connectivity index (χ2n) is 6.33. The quantitative estimate of drug-likeness (QED) is 0.190. The number of hydrogen-bond donors (Lipinski definition) is 0. The SMILES string of the molecule is C=CCCOC(C)(OCCC=C)C(C)CCCCCCCC. The van der Waals surface area contributed by atoms with Gasteiger partial charge in [0.05, 0.1) is 13.2 Å². The highest BCUT2D eigenvalue weighted by molar-refractivity contribution is 4.75. The van der Waals surface area contributed by atoms with Gasteiger partial charge in [0.1, 0.15) is 0 Å².